The molecule has 0 fully saturated rings. The van der Waals surface area contributed by atoms with Crippen LogP contribution >= 0.6 is 0 Å². The van der Waals surface area contributed by atoms with Crippen LogP contribution in [0.2, 0.25) is 0 Å². The van der Waals surface area contributed by atoms with E-state index in [2.05, 4.69) is 0 Å². The second-order valence-corrected chi connectivity index (χ2v) is 0.610. The second kappa shape index (κ2) is 11.3. The molecule has 0 aromatic carbocycles. The Morgan fingerprint density at radius 1 is 0.889 bits per heavy atom. The fourth-order valence-corrected chi connectivity index (χ4v) is 0. The summed E-state index contributed by atoms with van der Waals surface area (Å²) < 4.78 is 0. The van der Waals surface area contributed by atoms with Gasteiger partial charge in [0.25, 0.3) is 0 Å². The van der Waals surface area contributed by atoms with E-state index < -0.39 is 11.9 Å². The van der Waals surface area contributed by atoms with Crippen molar-refractivity contribution in [2.24, 2.45) is 0 Å². The SMILES string of the molecule is O.O.O=C(O)C(=O)O.[KH]. The van der Waals surface area contributed by atoms with E-state index in [4.69, 9.17) is 19.8 Å². The van der Waals surface area contributed by atoms with E-state index in [0.717, 1.165) is 0 Å². The summed E-state index contributed by atoms with van der Waals surface area (Å²) in [5, 5.41) is 14.8. The van der Waals surface area contributed by atoms with Crippen LogP contribution < -0.4 is 0 Å². The predicted molar refractivity (Wildman–Crippen MR) is 29.6 cm³/mol. The minimum atomic E-state index is -1.82. The summed E-state index contributed by atoms with van der Waals surface area (Å²) in [5.41, 5.74) is 0. The minimum absolute atomic E-state index is 0. The van der Waals surface area contributed by atoms with Crippen molar-refractivity contribution in [2.75, 3.05) is 0 Å². The topological polar surface area (TPSA) is 138 Å². The van der Waals surface area contributed by atoms with Gasteiger partial charge in [0.1, 0.15) is 0 Å². The van der Waals surface area contributed by atoms with Crippen LogP contribution in [-0.4, -0.2) is 84.5 Å². The number of carbonyl (C=O) groups is 2. The van der Waals surface area contributed by atoms with E-state index in [9.17, 15) is 0 Å². The maximum absolute atomic E-state index is 9.10. The molecule has 9 heavy (non-hydrogen) atoms. The quantitative estimate of drug-likeness (QED) is 0.290. The molecule has 0 aliphatic carbocycles. The molecule has 52 valence electrons. The normalized spacial score (nSPS) is 4.89. The predicted octanol–water partition coefficient (Wildman–Crippen LogP) is -3.14. The van der Waals surface area contributed by atoms with Gasteiger partial charge in [-0.2, -0.15) is 0 Å². The molecule has 0 rings (SSSR count). The van der Waals surface area contributed by atoms with Gasteiger partial charge in [0.2, 0.25) is 0 Å². The first-order valence-electron chi connectivity index (χ1n) is 1.11. The summed E-state index contributed by atoms with van der Waals surface area (Å²) in [5.74, 6) is -3.65. The first-order chi connectivity index (χ1) is 2.64. The first-order valence-corrected chi connectivity index (χ1v) is 1.11. The maximum atomic E-state index is 9.10. The summed E-state index contributed by atoms with van der Waals surface area (Å²) in [6.45, 7) is 0. The molecule has 0 bridgehead atoms. The molecule has 0 aliphatic heterocycles. The van der Waals surface area contributed by atoms with Gasteiger partial charge >= 0.3 is 63.3 Å². The Morgan fingerprint density at radius 2 is 1.00 bits per heavy atom. The molecular formula is C2H7KO6. The van der Waals surface area contributed by atoms with Crippen molar-refractivity contribution < 1.29 is 30.8 Å². The molecule has 0 heterocycles. The van der Waals surface area contributed by atoms with Gasteiger partial charge in [-0.05, 0) is 0 Å². The van der Waals surface area contributed by atoms with Crippen LogP contribution in [0.25, 0.3) is 0 Å². The van der Waals surface area contributed by atoms with Crippen LogP contribution in [0.5, 0.6) is 0 Å². The average molecular weight is 166 g/mol. The Balaban J connectivity index is -0.0000000417. The molecule has 0 saturated heterocycles. The van der Waals surface area contributed by atoms with Crippen molar-refractivity contribution in [1.29, 1.82) is 0 Å². The number of aliphatic carboxylic acids is 2. The van der Waals surface area contributed by atoms with Crippen LogP contribution in [0.15, 0.2) is 0 Å². The molecule has 0 aromatic rings. The van der Waals surface area contributed by atoms with Crippen LogP contribution in [-0.2, 0) is 9.59 Å². The van der Waals surface area contributed by atoms with Crippen molar-refractivity contribution in [2.45, 2.75) is 0 Å². The van der Waals surface area contributed by atoms with Crippen LogP contribution in [0.1, 0.15) is 0 Å². The van der Waals surface area contributed by atoms with Crippen molar-refractivity contribution in [3.05, 3.63) is 0 Å². The third-order valence-corrected chi connectivity index (χ3v) is 0.183. The van der Waals surface area contributed by atoms with E-state index in [-0.39, 0.29) is 62.3 Å². The van der Waals surface area contributed by atoms with Crippen LogP contribution in [0.4, 0.5) is 0 Å². The molecule has 0 amide bonds. The zero-order valence-electron chi connectivity index (χ0n) is 3.71. The molecule has 6 nitrogen and oxygen atoms in total. The Labute approximate surface area is 92.9 Å². The van der Waals surface area contributed by atoms with Gasteiger partial charge in [0.05, 0.1) is 0 Å². The van der Waals surface area contributed by atoms with E-state index >= 15 is 0 Å². The monoisotopic (exact) mass is 166 g/mol. The average Bonchev–Trinajstić information content (AvgIpc) is 1.36. The summed E-state index contributed by atoms with van der Waals surface area (Å²) in [4.78, 5) is 18.2. The summed E-state index contributed by atoms with van der Waals surface area (Å²) in [6, 6.07) is 0. The number of rotatable bonds is 0. The van der Waals surface area contributed by atoms with E-state index in [1.807, 2.05) is 0 Å². The van der Waals surface area contributed by atoms with Crippen molar-refractivity contribution in [3.8, 4) is 0 Å². The third kappa shape index (κ3) is 17.7. The molecule has 0 spiro atoms. The molecule has 0 unspecified atom stereocenters. The van der Waals surface area contributed by atoms with Gasteiger partial charge in [-0.15, -0.1) is 0 Å². The molecule has 0 aliphatic rings. The zero-order chi connectivity index (χ0) is 5.15. The molecule has 7 heteroatoms. The molecule has 6 N–H and O–H groups in total. The molecule has 0 aromatic heterocycles. The summed E-state index contributed by atoms with van der Waals surface area (Å²) >= 11 is 0. The van der Waals surface area contributed by atoms with E-state index in [1.165, 1.54) is 0 Å². The Hall–Kier alpha value is 0.496. The molecular weight excluding hydrogens is 159 g/mol. The number of carboxylic acids is 2. The number of hydrogen-bond acceptors (Lipinski definition) is 2. The van der Waals surface area contributed by atoms with Gasteiger partial charge in [-0.3, -0.25) is 0 Å². The zero-order valence-corrected chi connectivity index (χ0v) is 3.71. The van der Waals surface area contributed by atoms with Crippen molar-refractivity contribution >= 4 is 63.3 Å². The molecule has 0 atom stereocenters. The fourth-order valence-electron chi connectivity index (χ4n) is 0. The van der Waals surface area contributed by atoms with E-state index in [1.54, 1.807) is 0 Å². The fraction of sp³-hybridized carbons (Fsp3) is 0. The van der Waals surface area contributed by atoms with Crippen molar-refractivity contribution in [3.63, 3.8) is 0 Å². The first kappa shape index (κ1) is 22.7. The number of hydrogen-bond donors (Lipinski definition) is 2. The second-order valence-electron chi connectivity index (χ2n) is 0.610. The number of carboxylic acid groups (broad SMARTS) is 2. The Morgan fingerprint density at radius 3 is 1.00 bits per heavy atom. The summed E-state index contributed by atoms with van der Waals surface area (Å²) in [7, 11) is 0. The third-order valence-electron chi connectivity index (χ3n) is 0.183. The van der Waals surface area contributed by atoms with Crippen LogP contribution in [0, 0.1) is 0 Å². The van der Waals surface area contributed by atoms with Gasteiger partial charge in [0.15, 0.2) is 0 Å². The molecule has 0 radical (unpaired) electrons. The standard InChI is InChI=1S/C2H2O4.K.2H2O.H/c3-1(4)2(5)6;;;;/h(H,3,4)(H,5,6);;2*1H2;. The van der Waals surface area contributed by atoms with E-state index in [0.29, 0.717) is 0 Å². The van der Waals surface area contributed by atoms with Gasteiger partial charge in [-0.1, -0.05) is 0 Å². The van der Waals surface area contributed by atoms with Gasteiger partial charge in [-0.25, -0.2) is 9.59 Å². The summed E-state index contributed by atoms with van der Waals surface area (Å²) in [6.07, 6.45) is 0. The Kier molecular flexibility index (Phi) is 28.5. The van der Waals surface area contributed by atoms with Gasteiger partial charge in [0, 0.05) is 0 Å². The van der Waals surface area contributed by atoms with Crippen LogP contribution in [0.3, 0.4) is 0 Å². The van der Waals surface area contributed by atoms with Crippen molar-refractivity contribution in [1.82, 2.24) is 0 Å². The Bertz CT molecular complexity index is 77.1. The van der Waals surface area contributed by atoms with Gasteiger partial charge < -0.3 is 21.2 Å². The molecule has 0 saturated carbocycles.